The van der Waals surface area contributed by atoms with Gasteiger partial charge in [0.1, 0.15) is 13.2 Å². The van der Waals surface area contributed by atoms with Gasteiger partial charge in [-0.15, -0.1) is 0 Å². The summed E-state index contributed by atoms with van der Waals surface area (Å²) >= 11 is 1.54. The highest BCUT2D eigenvalue weighted by atomic mass is 32.1. The summed E-state index contributed by atoms with van der Waals surface area (Å²) in [6, 6.07) is 1.89. The van der Waals surface area contributed by atoms with E-state index in [1.807, 2.05) is 16.8 Å². The molecule has 1 aliphatic heterocycles. The normalized spacial score (nSPS) is 13.1. The van der Waals surface area contributed by atoms with Gasteiger partial charge in [-0.1, -0.05) is 0 Å². The average Bonchev–Trinajstić information content (AvgIpc) is 2.99. The lowest BCUT2D eigenvalue weighted by Gasteiger charge is -2.19. The predicted octanol–water partition coefficient (Wildman–Crippen LogP) is 1.34. The number of amides is 1. The van der Waals surface area contributed by atoms with Crippen LogP contribution in [0.25, 0.3) is 11.4 Å². The van der Waals surface area contributed by atoms with E-state index >= 15 is 0 Å². The number of carbonyl (C=O) groups excluding carboxylic acids is 1. The van der Waals surface area contributed by atoms with Crippen LogP contribution >= 0.6 is 11.3 Å². The molecule has 1 aliphatic rings. The molecule has 0 fully saturated rings. The van der Waals surface area contributed by atoms with Crippen molar-refractivity contribution in [2.75, 3.05) is 20.3 Å². The summed E-state index contributed by atoms with van der Waals surface area (Å²) in [5.41, 5.74) is 1.06. The van der Waals surface area contributed by atoms with E-state index in [2.05, 4.69) is 15.3 Å². The van der Waals surface area contributed by atoms with E-state index in [9.17, 15) is 4.79 Å². The number of hydrogen-bond donors (Lipinski definition) is 1. The summed E-state index contributed by atoms with van der Waals surface area (Å²) in [5.74, 6) is 0.773. The number of ether oxygens (including phenoxy) is 2. The van der Waals surface area contributed by atoms with Crippen molar-refractivity contribution in [1.82, 2.24) is 15.3 Å². The van der Waals surface area contributed by atoms with Crippen molar-refractivity contribution >= 4 is 17.2 Å². The summed E-state index contributed by atoms with van der Waals surface area (Å²) < 4.78 is 10.9. The van der Waals surface area contributed by atoms with Crippen molar-refractivity contribution in [3.63, 3.8) is 0 Å². The van der Waals surface area contributed by atoms with Gasteiger partial charge in [0.15, 0.2) is 11.5 Å². The standard InChI is InChI=1S/C12H11N3O3S/c1-13-11(16)8-9-12(18-4-3-17-9)15-10(14-8)7-2-5-19-6-7/h2,5-6H,3-4H2,1H3,(H,13,16). The van der Waals surface area contributed by atoms with Gasteiger partial charge in [-0.25, -0.2) is 4.98 Å². The molecule has 0 unspecified atom stereocenters. The van der Waals surface area contributed by atoms with Gasteiger partial charge in [0.2, 0.25) is 5.75 Å². The van der Waals surface area contributed by atoms with Gasteiger partial charge in [-0.2, -0.15) is 16.3 Å². The molecule has 0 saturated heterocycles. The number of nitrogens with zero attached hydrogens (tertiary/aromatic N) is 2. The van der Waals surface area contributed by atoms with E-state index in [-0.39, 0.29) is 11.6 Å². The van der Waals surface area contributed by atoms with Crippen molar-refractivity contribution in [1.29, 1.82) is 0 Å². The Bertz CT molecular complexity index is 613. The molecule has 0 aromatic carbocycles. The van der Waals surface area contributed by atoms with Crippen molar-refractivity contribution in [2.24, 2.45) is 0 Å². The Hall–Kier alpha value is -2.15. The first-order chi connectivity index (χ1) is 9.29. The third kappa shape index (κ3) is 2.12. The fourth-order valence-electron chi connectivity index (χ4n) is 1.73. The first kappa shape index (κ1) is 11.9. The summed E-state index contributed by atoms with van der Waals surface area (Å²) in [6.07, 6.45) is 0. The van der Waals surface area contributed by atoms with Gasteiger partial charge in [0.25, 0.3) is 11.8 Å². The molecule has 7 heteroatoms. The maximum Gasteiger partial charge on any atom is 0.273 e. The van der Waals surface area contributed by atoms with Crippen molar-refractivity contribution < 1.29 is 14.3 Å². The predicted molar refractivity (Wildman–Crippen MR) is 69.7 cm³/mol. The Kier molecular flexibility index (Phi) is 3.04. The van der Waals surface area contributed by atoms with Gasteiger partial charge in [0, 0.05) is 18.0 Å². The Balaban J connectivity index is 2.16. The lowest BCUT2D eigenvalue weighted by atomic mass is 10.2. The molecule has 1 N–H and O–H groups in total. The zero-order valence-corrected chi connectivity index (χ0v) is 11.0. The quantitative estimate of drug-likeness (QED) is 0.896. The molecule has 6 nitrogen and oxygen atoms in total. The third-order valence-corrected chi connectivity index (χ3v) is 3.31. The van der Waals surface area contributed by atoms with Crippen LogP contribution in [-0.4, -0.2) is 36.1 Å². The lowest BCUT2D eigenvalue weighted by molar-refractivity contribution is 0.0944. The Labute approximate surface area is 113 Å². The van der Waals surface area contributed by atoms with Crippen LogP contribution in [-0.2, 0) is 0 Å². The topological polar surface area (TPSA) is 73.3 Å². The zero-order valence-electron chi connectivity index (χ0n) is 10.2. The van der Waals surface area contributed by atoms with Crippen LogP contribution in [0.1, 0.15) is 10.5 Å². The second-order valence-corrected chi connectivity index (χ2v) is 4.60. The zero-order chi connectivity index (χ0) is 13.2. The van der Waals surface area contributed by atoms with Crippen LogP contribution < -0.4 is 14.8 Å². The molecule has 3 heterocycles. The molecule has 98 valence electrons. The molecule has 3 rings (SSSR count). The van der Waals surface area contributed by atoms with E-state index in [1.54, 1.807) is 7.05 Å². The van der Waals surface area contributed by atoms with E-state index in [1.165, 1.54) is 11.3 Å². The highest BCUT2D eigenvalue weighted by molar-refractivity contribution is 7.08. The number of aromatic nitrogens is 2. The van der Waals surface area contributed by atoms with E-state index < -0.39 is 0 Å². The van der Waals surface area contributed by atoms with Crippen molar-refractivity contribution in [2.45, 2.75) is 0 Å². The van der Waals surface area contributed by atoms with Crippen LogP contribution in [0.15, 0.2) is 16.8 Å². The molecular weight excluding hydrogens is 266 g/mol. The van der Waals surface area contributed by atoms with Crippen LogP contribution in [0.4, 0.5) is 0 Å². The summed E-state index contributed by atoms with van der Waals surface area (Å²) in [5, 5.41) is 6.38. The summed E-state index contributed by atoms with van der Waals surface area (Å²) in [4.78, 5) is 20.5. The number of carbonyl (C=O) groups is 1. The smallest absolute Gasteiger partial charge is 0.273 e. The third-order valence-electron chi connectivity index (χ3n) is 2.62. The molecular formula is C12H11N3O3S. The van der Waals surface area contributed by atoms with Crippen LogP contribution in [0.2, 0.25) is 0 Å². The fraction of sp³-hybridized carbons (Fsp3) is 0.250. The molecule has 0 aliphatic carbocycles. The number of fused-ring (bicyclic) bond motifs is 1. The maximum absolute atomic E-state index is 11.9. The van der Waals surface area contributed by atoms with Crippen LogP contribution in [0, 0.1) is 0 Å². The minimum atomic E-state index is -0.319. The first-order valence-corrected chi connectivity index (χ1v) is 6.66. The van der Waals surface area contributed by atoms with Gasteiger partial charge >= 0.3 is 0 Å². The molecule has 2 aromatic rings. The van der Waals surface area contributed by atoms with E-state index in [0.717, 1.165) is 5.56 Å². The van der Waals surface area contributed by atoms with E-state index in [4.69, 9.17) is 9.47 Å². The number of thiophene rings is 1. The minimum absolute atomic E-state index is 0.202. The second kappa shape index (κ2) is 4.85. The Morgan fingerprint density at radius 1 is 1.37 bits per heavy atom. The van der Waals surface area contributed by atoms with Crippen LogP contribution in [0.3, 0.4) is 0 Å². The van der Waals surface area contributed by atoms with Gasteiger partial charge in [0.05, 0.1) is 0 Å². The molecule has 0 bridgehead atoms. The number of nitrogens with one attached hydrogen (secondary N) is 1. The second-order valence-electron chi connectivity index (χ2n) is 3.82. The average molecular weight is 277 g/mol. The van der Waals surface area contributed by atoms with Crippen LogP contribution in [0.5, 0.6) is 11.6 Å². The largest absolute Gasteiger partial charge is 0.483 e. The highest BCUT2D eigenvalue weighted by Crippen LogP contribution is 2.33. The lowest BCUT2D eigenvalue weighted by Crippen LogP contribution is -2.25. The molecule has 0 saturated carbocycles. The minimum Gasteiger partial charge on any atom is -0.483 e. The SMILES string of the molecule is CNC(=O)c1nc(-c2ccsc2)nc2c1OCCO2. The number of hydrogen-bond acceptors (Lipinski definition) is 6. The highest BCUT2D eigenvalue weighted by Gasteiger charge is 2.25. The monoisotopic (exact) mass is 277 g/mol. The molecule has 0 atom stereocenters. The van der Waals surface area contributed by atoms with Gasteiger partial charge < -0.3 is 14.8 Å². The van der Waals surface area contributed by atoms with Gasteiger partial charge in [-0.3, -0.25) is 4.79 Å². The molecule has 2 aromatic heterocycles. The summed E-state index contributed by atoms with van der Waals surface area (Å²) in [6.45, 7) is 0.804. The maximum atomic E-state index is 11.9. The van der Waals surface area contributed by atoms with E-state index in [0.29, 0.717) is 30.7 Å². The summed E-state index contributed by atoms with van der Waals surface area (Å²) in [7, 11) is 1.55. The molecule has 0 spiro atoms. The fourth-order valence-corrected chi connectivity index (χ4v) is 2.37. The number of rotatable bonds is 2. The van der Waals surface area contributed by atoms with Crippen molar-refractivity contribution in [3.05, 3.63) is 22.5 Å². The van der Waals surface area contributed by atoms with Crippen molar-refractivity contribution in [3.8, 4) is 23.0 Å². The molecule has 0 radical (unpaired) electrons. The van der Waals surface area contributed by atoms with Gasteiger partial charge in [-0.05, 0) is 11.4 Å². The Morgan fingerprint density at radius 2 is 2.21 bits per heavy atom. The molecule has 1 amide bonds. The Morgan fingerprint density at radius 3 is 2.95 bits per heavy atom. The molecule has 19 heavy (non-hydrogen) atoms. The first-order valence-electron chi connectivity index (χ1n) is 5.72.